The van der Waals surface area contributed by atoms with Crippen LogP contribution in [-0.4, -0.2) is 19.6 Å². The molecular formula is C11H6FIN4. The Morgan fingerprint density at radius 1 is 1.24 bits per heavy atom. The Morgan fingerprint density at radius 3 is 2.94 bits per heavy atom. The molecule has 17 heavy (non-hydrogen) atoms. The molecule has 84 valence electrons. The van der Waals surface area contributed by atoms with Crippen LogP contribution in [0.3, 0.4) is 0 Å². The molecule has 0 saturated carbocycles. The van der Waals surface area contributed by atoms with Crippen LogP contribution < -0.4 is 0 Å². The van der Waals surface area contributed by atoms with E-state index in [1.54, 1.807) is 23.0 Å². The van der Waals surface area contributed by atoms with Crippen LogP contribution in [0.4, 0.5) is 4.39 Å². The predicted octanol–water partition coefficient (Wildman–Crippen LogP) is 2.54. The Hall–Kier alpha value is -1.57. The summed E-state index contributed by atoms with van der Waals surface area (Å²) in [5, 5.41) is 4.17. The second-order valence-electron chi connectivity index (χ2n) is 3.46. The minimum Gasteiger partial charge on any atom is -0.261 e. The number of nitrogens with zero attached hydrogens (tertiary/aromatic N) is 4. The first-order valence-corrected chi connectivity index (χ1v) is 5.93. The molecule has 0 saturated heterocycles. The van der Waals surface area contributed by atoms with Crippen molar-refractivity contribution >= 4 is 28.2 Å². The van der Waals surface area contributed by atoms with Crippen LogP contribution in [0.5, 0.6) is 0 Å². The van der Waals surface area contributed by atoms with Gasteiger partial charge in [0.15, 0.2) is 5.65 Å². The molecule has 0 bridgehead atoms. The topological polar surface area (TPSA) is 43.1 Å². The number of rotatable bonds is 1. The lowest BCUT2D eigenvalue weighted by molar-refractivity contribution is 0.622. The standard InChI is InChI=1S/C11H6FIN4/c12-8-3-7(5-14-6-8)9-4-10(13)16-11-1-2-15-17(9)11/h1-6H. The molecule has 0 aromatic carbocycles. The van der Waals surface area contributed by atoms with Gasteiger partial charge in [0.25, 0.3) is 0 Å². The first-order valence-electron chi connectivity index (χ1n) is 4.85. The van der Waals surface area contributed by atoms with Crippen LogP contribution in [0.25, 0.3) is 16.9 Å². The van der Waals surface area contributed by atoms with Crippen LogP contribution in [0.1, 0.15) is 0 Å². The van der Waals surface area contributed by atoms with Gasteiger partial charge in [-0.2, -0.15) is 5.10 Å². The van der Waals surface area contributed by atoms with Gasteiger partial charge in [-0.3, -0.25) is 4.98 Å². The van der Waals surface area contributed by atoms with Crippen molar-refractivity contribution in [2.75, 3.05) is 0 Å². The number of pyridine rings is 1. The average molecular weight is 340 g/mol. The van der Waals surface area contributed by atoms with Gasteiger partial charge in [-0.1, -0.05) is 0 Å². The summed E-state index contributed by atoms with van der Waals surface area (Å²) in [7, 11) is 0. The highest BCUT2D eigenvalue weighted by molar-refractivity contribution is 14.1. The molecule has 0 atom stereocenters. The fourth-order valence-electron chi connectivity index (χ4n) is 1.64. The summed E-state index contributed by atoms with van der Waals surface area (Å²) in [5.41, 5.74) is 2.19. The van der Waals surface area contributed by atoms with Crippen molar-refractivity contribution in [1.82, 2.24) is 19.6 Å². The lowest BCUT2D eigenvalue weighted by atomic mass is 10.2. The Kier molecular flexibility index (Phi) is 2.50. The van der Waals surface area contributed by atoms with Crippen molar-refractivity contribution in [2.45, 2.75) is 0 Å². The number of aromatic nitrogens is 4. The first kappa shape index (κ1) is 10.6. The summed E-state index contributed by atoms with van der Waals surface area (Å²) < 4.78 is 15.7. The normalized spacial score (nSPS) is 10.9. The maximum atomic E-state index is 13.2. The Morgan fingerprint density at radius 2 is 2.12 bits per heavy atom. The Labute approximate surface area is 110 Å². The highest BCUT2D eigenvalue weighted by atomic mass is 127. The van der Waals surface area contributed by atoms with Crippen molar-refractivity contribution in [3.8, 4) is 11.3 Å². The second kappa shape index (κ2) is 4.02. The zero-order valence-electron chi connectivity index (χ0n) is 8.51. The van der Waals surface area contributed by atoms with E-state index in [-0.39, 0.29) is 5.82 Å². The molecule has 6 heteroatoms. The molecule has 0 amide bonds. The van der Waals surface area contributed by atoms with E-state index in [1.807, 2.05) is 6.07 Å². The van der Waals surface area contributed by atoms with Crippen molar-refractivity contribution < 1.29 is 4.39 Å². The third kappa shape index (κ3) is 1.88. The highest BCUT2D eigenvalue weighted by Crippen LogP contribution is 2.21. The molecule has 0 fully saturated rings. The summed E-state index contributed by atoms with van der Waals surface area (Å²) in [5.74, 6) is -0.366. The minimum atomic E-state index is -0.366. The Bertz CT molecular complexity index is 695. The third-order valence-corrected chi connectivity index (χ3v) is 2.88. The third-order valence-electron chi connectivity index (χ3n) is 2.33. The molecule has 3 aromatic rings. The molecule has 0 N–H and O–H groups in total. The largest absolute Gasteiger partial charge is 0.261 e. The van der Waals surface area contributed by atoms with Gasteiger partial charge in [-0.15, -0.1) is 0 Å². The number of hydrogen-bond acceptors (Lipinski definition) is 3. The van der Waals surface area contributed by atoms with E-state index >= 15 is 0 Å². The maximum Gasteiger partial charge on any atom is 0.156 e. The molecule has 0 unspecified atom stereocenters. The fraction of sp³-hybridized carbons (Fsp3) is 0. The van der Waals surface area contributed by atoms with E-state index in [2.05, 4.69) is 37.7 Å². The van der Waals surface area contributed by atoms with Gasteiger partial charge in [0.1, 0.15) is 9.52 Å². The zero-order valence-corrected chi connectivity index (χ0v) is 10.7. The van der Waals surface area contributed by atoms with Crippen LogP contribution >= 0.6 is 22.6 Å². The average Bonchev–Trinajstić information content (AvgIpc) is 2.75. The molecule has 0 aliphatic rings. The molecule has 0 radical (unpaired) electrons. The summed E-state index contributed by atoms with van der Waals surface area (Å²) in [6.07, 6.45) is 4.44. The molecule has 3 rings (SSSR count). The lowest BCUT2D eigenvalue weighted by Gasteiger charge is -2.05. The van der Waals surface area contributed by atoms with Gasteiger partial charge < -0.3 is 0 Å². The molecular weight excluding hydrogens is 334 g/mol. The second-order valence-corrected chi connectivity index (χ2v) is 4.56. The van der Waals surface area contributed by atoms with Gasteiger partial charge in [0.05, 0.1) is 18.1 Å². The molecule has 0 aliphatic carbocycles. The summed E-state index contributed by atoms with van der Waals surface area (Å²) in [6, 6.07) is 5.08. The minimum absolute atomic E-state index is 0.366. The molecule has 0 aliphatic heterocycles. The monoisotopic (exact) mass is 340 g/mol. The molecule has 3 heterocycles. The van der Waals surface area contributed by atoms with Gasteiger partial charge in [-0.25, -0.2) is 13.9 Å². The molecule has 0 spiro atoms. The van der Waals surface area contributed by atoms with E-state index in [1.165, 1.54) is 12.3 Å². The van der Waals surface area contributed by atoms with Crippen LogP contribution in [0, 0.1) is 9.52 Å². The number of hydrogen-bond donors (Lipinski definition) is 0. The first-order chi connectivity index (χ1) is 8.24. The lowest BCUT2D eigenvalue weighted by Crippen LogP contribution is -1.98. The van der Waals surface area contributed by atoms with Crippen LogP contribution in [0.2, 0.25) is 0 Å². The van der Waals surface area contributed by atoms with Crippen LogP contribution in [-0.2, 0) is 0 Å². The number of fused-ring (bicyclic) bond motifs is 1. The Balaban J connectivity index is 2.32. The van der Waals surface area contributed by atoms with Gasteiger partial charge in [0, 0.05) is 17.8 Å². The maximum absolute atomic E-state index is 13.2. The quantitative estimate of drug-likeness (QED) is 0.505. The van der Waals surface area contributed by atoms with Crippen molar-refractivity contribution in [1.29, 1.82) is 0 Å². The van der Waals surface area contributed by atoms with E-state index < -0.39 is 0 Å². The van der Waals surface area contributed by atoms with Gasteiger partial charge >= 0.3 is 0 Å². The zero-order chi connectivity index (χ0) is 11.8. The van der Waals surface area contributed by atoms with E-state index in [0.717, 1.165) is 15.0 Å². The van der Waals surface area contributed by atoms with Gasteiger partial charge in [-0.05, 0) is 34.7 Å². The summed E-state index contributed by atoms with van der Waals surface area (Å²) in [6.45, 7) is 0. The van der Waals surface area contributed by atoms with E-state index in [9.17, 15) is 4.39 Å². The van der Waals surface area contributed by atoms with Crippen molar-refractivity contribution in [3.05, 3.63) is 46.3 Å². The van der Waals surface area contributed by atoms with E-state index in [0.29, 0.717) is 5.56 Å². The smallest absolute Gasteiger partial charge is 0.156 e. The molecule has 4 nitrogen and oxygen atoms in total. The highest BCUT2D eigenvalue weighted by Gasteiger charge is 2.08. The summed E-state index contributed by atoms with van der Waals surface area (Å²) >= 11 is 2.12. The SMILES string of the molecule is Fc1cncc(-c2cc(I)nc3ccnn23)c1. The molecule has 3 aromatic heterocycles. The predicted molar refractivity (Wildman–Crippen MR) is 68.9 cm³/mol. The van der Waals surface area contributed by atoms with Gasteiger partial charge in [0.2, 0.25) is 0 Å². The van der Waals surface area contributed by atoms with E-state index in [4.69, 9.17) is 0 Å². The van der Waals surface area contributed by atoms with Crippen molar-refractivity contribution in [2.24, 2.45) is 0 Å². The summed E-state index contributed by atoms with van der Waals surface area (Å²) in [4.78, 5) is 8.16. The van der Waals surface area contributed by atoms with Crippen molar-refractivity contribution in [3.63, 3.8) is 0 Å². The fourth-order valence-corrected chi connectivity index (χ4v) is 2.18. The number of halogens is 2. The van der Waals surface area contributed by atoms with Crippen LogP contribution in [0.15, 0.2) is 36.8 Å².